The highest BCUT2D eigenvalue weighted by molar-refractivity contribution is 9.09. The molecular formula is C13H17BrO6. The third kappa shape index (κ3) is 4.33. The van der Waals surface area contributed by atoms with Crippen LogP contribution in [0.15, 0.2) is 11.6 Å². The van der Waals surface area contributed by atoms with E-state index < -0.39 is 41.0 Å². The maximum absolute atomic E-state index is 11.2. The lowest BCUT2D eigenvalue weighted by atomic mass is 9.92. The fourth-order valence-corrected chi connectivity index (χ4v) is 2.65. The van der Waals surface area contributed by atoms with Crippen LogP contribution in [0.1, 0.15) is 27.7 Å². The van der Waals surface area contributed by atoms with Crippen molar-refractivity contribution in [2.75, 3.05) is 0 Å². The van der Waals surface area contributed by atoms with Crippen LogP contribution in [0, 0.1) is 0 Å². The summed E-state index contributed by atoms with van der Waals surface area (Å²) >= 11 is 3.35. The van der Waals surface area contributed by atoms with Crippen molar-refractivity contribution in [2.45, 2.75) is 50.8 Å². The number of carbonyl (C=O) groups is 3. The Bertz CT molecular complexity index is 444. The van der Waals surface area contributed by atoms with E-state index >= 15 is 0 Å². The van der Waals surface area contributed by atoms with Crippen molar-refractivity contribution < 1.29 is 28.6 Å². The summed E-state index contributed by atoms with van der Waals surface area (Å²) in [7, 11) is 0. The molecule has 0 aromatic rings. The Labute approximate surface area is 125 Å². The summed E-state index contributed by atoms with van der Waals surface area (Å²) in [4.78, 5) is 33.0. The molecule has 0 aromatic carbocycles. The van der Waals surface area contributed by atoms with Gasteiger partial charge >= 0.3 is 17.9 Å². The molecule has 0 N–H and O–H groups in total. The van der Waals surface area contributed by atoms with Crippen molar-refractivity contribution in [3.05, 3.63) is 11.6 Å². The van der Waals surface area contributed by atoms with Gasteiger partial charge in [0.15, 0.2) is 12.2 Å². The molecule has 1 aliphatic carbocycles. The zero-order chi connectivity index (χ0) is 15.4. The molecule has 0 saturated heterocycles. The average molecular weight is 349 g/mol. The summed E-state index contributed by atoms with van der Waals surface area (Å²) in [6.07, 6.45) is -0.379. The van der Waals surface area contributed by atoms with Gasteiger partial charge in [-0.25, -0.2) is 0 Å². The zero-order valence-electron chi connectivity index (χ0n) is 11.7. The Morgan fingerprint density at radius 1 is 1.00 bits per heavy atom. The van der Waals surface area contributed by atoms with Gasteiger partial charge in [0.1, 0.15) is 6.10 Å². The summed E-state index contributed by atoms with van der Waals surface area (Å²) in [5.74, 6) is -1.44. The molecule has 20 heavy (non-hydrogen) atoms. The second-order valence-electron chi connectivity index (χ2n) is 4.53. The smallest absolute Gasteiger partial charge is 0.303 e. The lowest BCUT2D eigenvalue weighted by Crippen LogP contribution is -2.50. The number of rotatable bonds is 3. The molecule has 0 aromatic heterocycles. The minimum absolute atomic E-state index is 0.448. The van der Waals surface area contributed by atoms with Gasteiger partial charge in [0.2, 0.25) is 0 Å². The first-order valence-corrected chi connectivity index (χ1v) is 6.98. The molecule has 1 aliphatic rings. The minimum Gasteiger partial charge on any atom is -0.457 e. The highest BCUT2D eigenvalue weighted by atomic mass is 79.9. The molecular weight excluding hydrogens is 332 g/mol. The van der Waals surface area contributed by atoms with Crippen LogP contribution in [0.5, 0.6) is 0 Å². The Morgan fingerprint density at radius 3 is 1.95 bits per heavy atom. The molecule has 0 fully saturated rings. The number of carbonyl (C=O) groups excluding carboxylic acids is 3. The van der Waals surface area contributed by atoms with E-state index in [9.17, 15) is 14.4 Å². The maximum Gasteiger partial charge on any atom is 0.303 e. The first-order chi connectivity index (χ1) is 9.22. The van der Waals surface area contributed by atoms with Gasteiger partial charge in [0.05, 0.1) is 4.83 Å². The molecule has 7 heteroatoms. The largest absolute Gasteiger partial charge is 0.457 e. The topological polar surface area (TPSA) is 78.9 Å². The third-order valence-electron chi connectivity index (χ3n) is 2.70. The van der Waals surface area contributed by atoms with Crippen molar-refractivity contribution in [3.8, 4) is 0 Å². The normalized spacial score (nSPS) is 29.1. The Balaban J connectivity index is 3.05. The summed E-state index contributed by atoms with van der Waals surface area (Å²) in [5, 5.41) is 0. The van der Waals surface area contributed by atoms with E-state index in [2.05, 4.69) is 15.9 Å². The Kier molecular flexibility index (Phi) is 5.74. The number of hydrogen-bond acceptors (Lipinski definition) is 6. The molecule has 1 rings (SSSR count). The highest BCUT2D eigenvalue weighted by Gasteiger charge is 2.43. The Hall–Kier alpha value is -1.37. The third-order valence-corrected chi connectivity index (χ3v) is 3.74. The monoisotopic (exact) mass is 348 g/mol. The van der Waals surface area contributed by atoms with E-state index in [-0.39, 0.29) is 0 Å². The molecule has 112 valence electrons. The number of halogens is 1. The first kappa shape index (κ1) is 16.7. The van der Waals surface area contributed by atoms with Crippen LogP contribution in [0.2, 0.25) is 0 Å². The summed E-state index contributed by atoms with van der Waals surface area (Å²) in [6, 6.07) is 0. The predicted octanol–water partition coefficient (Wildman–Crippen LogP) is 1.50. The first-order valence-electron chi connectivity index (χ1n) is 6.06. The van der Waals surface area contributed by atoms with Gasteiger partial charge in [0.25, 0.3) is 0 Å². The van der Waals surface area contributed by atoms with E-state index in [0.29, 0.717) is 5.57 Å². The van der Waals surface area contributed by atoms with Crippen LogP contribution in [0.4, 0.5) is 0 Å². The van der Waals surface area contributed by atoms with Crippen molar-refractivity contribution in [3.63, 3.8) is 0 Å². The van der Waals surface area contributed by atoms with Crippen LogP contribution in [-0.2, 0) is 28.6 Å². The molecule has 0 heterocycles. The van der Waals surface area contributed by atoms with Gasteiger partial charge in [-0.05, 0) is 18.6 Å². The SMILES string of the molecule is CC(=O)O[C@H]1[C@@H](Br)[C@H](OC(C)=O)C=C(C)[C@@H]1OC(C)=O. The average Bonchev–Trinajstić information content (AvgIpc) is 2.28. The highest BCUT2D eigenvalue weighted by Crippen LogP contribution is 2.31. The molecule has 0 unspecified atom stereocenters. The van der Waals surface area contributed by atoms with Crippen molar-refractivity contribution >= 4 is 33.8 Å². The number of esters is 3. The van der Waals surface area contributed by atoms with Crippen molar-refractivity contribution in [1.82, 2.24) is 0 Å². The fraction of sp³-hybridized carbons (Fsp3) is 0.615. The van der Waals surface area contributed by atoms with E-state index in [4.69, 9.17) is 14.2 Å². The molecule has 4 atom stereocenters. The maximum atomic E-state index is 11.2. The molecule has 0 amide bonds. The van der Waals surface area contributed by atoms with E-state index in [1.165, 1.54) is 20.8 Å². The lowest BCUT2D eigenvalue weighted by Gasteiger charge is -2.37. The fourth-order valence-electron chi connectivity index (χ4n) is 2.01. The number of hydrogen-bond donors (Lipinski definition) is 0. The molecule has 6 nitrogen and oxygen atoms in total. The van der Waals surface area contributed by atoms with Crippen LogP contribution in [0.25, 0.3) is 0 Å². The van der Waals surface area contributed by atoms with Crippen LogP contribution in [0.3, 0.4) is 0 Å². The molecule has 0 spiro atoms. The van der Waals surface area contributed by atoms with Gasteiger partial charge in [-0.1, -0.05) is 15.9 Å². The molecule has 0 saturated carbocycles. The van der Waals surface area contributed by atoms with Gasteiger partial charge in [-0.2, -0.15) is 0 Å². The van der Waals surface area contributed by atoms with Gasteiger partial charge in [-0.15, -0.1) is 0 Å². The van der Waals surface area contributed by atoms with Crippen LogP contribution >= 0.6 is 15.9 Å². The Morgan fingerprint density at radius 2 is 1.50 bits per heavy atom. The van der Waals surface area contributed by atoms with Crippen molar-refractivity contribution in [1.29, 1.82) is 0 Å². The zero-order valence-corrected chi connectivity index (χ0v) is 13.3. The van der Waals surface area contributed by atoms with Crippen LogP contribution < -0.4 is 0 Å². The molecule has 0 aliphatic heterocycles. The number of ether oxygens (including phenoxy) is 3. The summed E-state index contributed by atoms with van der Waals surface area (Å²) in [6.45, 7) is 5.56. The van der Waals surface area contributed by atoms with Gasteiger partial charge < -0.3 is 14.2 Å². The lowest BCUT2D eigenvalue weighted by molar-refractivity contribution is -0.166. The minimum atomic E-state index is -0.759. The predicted molar refractivity (Wildman–Crippen MR) is 73.1 cm³/mol. The molecule has 0 bridgehead atoms. The molecule has 0 radical (unpaired) electrons. The van der Waals surface area contributed by atoms with Gasteiger partial charge in [0, 0.05) is 20.8 Å². The van der Waals surface area contributed by atoms with Crippen molar-refractivity contribution in [2.24, 2.45) is 0 Å². The number of alkyl halides is 1. The summed E-state index contributed by atoms with van der Waals surface area (Å²) < 4.78 is 15.5. The van der Waals surface area contributed by atoms with E-state index in [0.717, 1.165) is 0 Å². The van der Waals surface area contributed by atoms with Crippen LogP contribution in [-0.4, -0.2) is 41.0 Å². The van der Waals surface area contributed by atoms with Gasteiger partial charge in [-0.3, -0.25) is 14.4 Å². The summed E-state index contributed by atoms with van der Waals surface area (Å²) in [5.41, 5.74) is 0.661. The van der Waals surface area contributed by atoms with E-state index in [1.807, 2.05) is 0 Å². The second kappa shape index (κ2) is 6.88. The standard InChI is InChI=1S/C13H17BrO6/c1-6-5-10(18-7(2)15)11(14)13(20-9(4)17)12(6)19-8(3)16/h5,10-13H,1-4H3/t10-,11+,12+,13+/m1/s1. The second-order valence-corrected chi connectivity index (χ2v) is 5.59. The quantitative estimate of drug-likeness (QED) is 0.333. The van der Waals surface area contributed by atoms with E-state index in [1.54, 1.807) is 13.0 Å².